The third-order valence-corrected chi connectivity index (χ3v) is 5.67. The Kier molecular flexibility index (Phi) is 6.53. The van der Waals surface area contributed by atoms with Crippen LogP contribution in [0, 0.1) is 0 Å². The molecule has 1 fully saturated rings. The number of carbonyl (C=O) groups is 1. The smallest absolute Gasteiger partial charge is 0.270 e. The molecular formula is C19H26N4OS. The highest BCUT2D eigenvalue weighted by Gasteiger charge is 2.16. The zero-order chi connectivity index (χ0) is 17.5. The number of hydrogen-bond acceptors (Lipinski definition) is 5. The molecule has 0 saturated carbocycles. The minimum Gasteiger partial charge on any atom is -0.351 e. The molecule has 1 atom stereocenters. The van der Waals surface area contributed by atoms with E-state index >= 15 is 0 Å². The van der Waals surface area contributed by atoms with Crippen molar-refractivity contribution in [2.45, 2.75) is 45.1 Å². The molecule has 5 nitrogen and oxygen atoms in total. The Bertz CT molecular complexity index is 665. The summed E-state index contributed by atoms with van der Waals surface area (Å²) in [6.45, 7) is 5.34. The molecule has 1 amide bonds. The number of nitrogens with one attached hydrogen (secondary N) is 1. The summed E-state index contributed by atoms with van der Waals surface area (Å²) < 4.78 is 0. The molecule has 1 N–H and O–H groups in total. The normalized spacial score (nSPS) is 17.0. The largest absolute Gasteiger partial charge is 0.351 e. The highest BCUT2D eigenvalue weighted by Crippen LogP contribution is 2.22. The zero-order valence-electron chi connectivity index (χ0n) is 14.8. The van der Waals surface area contributed by atoms with Crippen molar-refractivity contribution in [1.29, 1.82) is 0 Å². The van der Waals surface area contributed by atoms with Crippen molar-refractivity contribution in [3.05, 3.63) is 35.6 Å². The van der Waals surface area contributed by atoms with Crippen LogP contribution in [0.25, 0.3) is 10.6 Å². The number of nitrogens with zero attached hydrogens (tertiary/aromatic N) is 3. The maximum absolute atomic E-state index is 12.3. The summed E-state index contributed by atoms with van der Waals surface area (Å²) in [4.78, 5) is 23.3. The van der Waals surface area contributed by atoms with Crippen LogP contribution in [0.2, 0.25) is 0 Å². The standard InChI is InChI=1S/C19H26N4OS/c1-15(23-12-4-2-3-5-13-23)6-11-21-18(24)17-14-25-19(22-17)16-7-9-20-10-8-16/h7-10,14-15H,2-6,11-13H2,1H3,(H,21,24). The Balaban J connectivity index is 1.47. The van der Waals surface area contributed by atoms with Gasteiger partial charge >= 0.3 is 0 Å². The van der Waals surface area contributed by atoms with Crippen LogP contribution in [0.15, 0.2) is 29.9 Å². The lowest BCUT2D eigenvalue weighted by molar-refractivity contribution is 0.0944. The molecule has 0 spiro atoms. The molecule has 0 aromatic carbocycles. The molecule has 134 valence electrons. The van der Waals surface area contributed by atoms with Gasteiger partial charge in [0.15, 0.2) is 0 Å². The van der Waals surface area contributed by atoms with E-state index in [0.29, 0.717) is 18.3 Å². The van der Waals surface area contributed by atoms with Gasteiger partial charge in [0.25, 0.3) is 5.91 Å². The van der Waals surface area contributed by atoms with E-state index in [4.69, 9.17) is 0 Å². The van der Waals surface area contributed by atoms with Crippen LogP contribution in [0.4, 0.5) is 0 Å². The molecule has 1 aliphatic rings. The zero-order valence-corrected chi connectivity index (χ0v) is 15.6. The van der Waals surface area contributed by atoms with Crippen molar-refractivity contribution in [2.24, 2.45) is 0 Å². The molecule has 2 aromatic rings. The average Bonchev–Trinajstić information content (AvgIpc) is 2.98. The fourth-order valence-electron chi connectivity index (χ4n) is 3.21. The summed E-state index contributed by atoms with van der Waals surface area (Å²) in [6, 6.07) is 4.33. The van der Waals surface area contributed by atoms with E-state index in [1.165, 1.54) is 50.1 Å². The van der Waals surface area contributed by atoms with Crippen LogP contribution < -0.4 is 5.32 Å². The molecule has 0 radical (unpaired) electrons. The van der Waals surface area contributed by atoms with E-state index in [2.05, 4.69) is 27.1 Å². The molecule has 3 heterocycles. The number of hydrogen-bond donors (Lipinski definition) is 1. The van der Waals surface area contributed by atoms with Crippen molar-refractivity contribution in [3.8, 4) is 10.6 Å². The SMILES string of the molecule is CC(CCNC(=O)c1csc(-c2ccncc2)n1)N1CCCCCC1. The first-order chi connectivity index (χ1) is 12.2. The molecule has 1 unspecified atom stereocenters. The molecule has 3 rings (SSSR count). The van der Waals surface area contributed by atoms with Crippen LogP contribution in [0.1, 0.15) is 49.5 Å². The van der Waals surface area contributed by atoms with Gasteiger partial charge < -0.3 is 10.2 Å². The maximum Gasteiger partial charge on any atom is 0.270 e. The molecule has 25 heavy (non-hydrogen) atoms. The van der Waals surface area contributed by atoms with E-state index in [0.717, 1.165) is 17.0 Å². The topological polar surface area (TPSA) is 58.1 Å². The van der Waals surface area contributed by atoms with E-state index in [9.17, 15) is 4.79 Å². The van der Waals surface area contributed by atoms with Crippen LogP contribution in [-0.4, -0.2) is 46.5 Å². The van der Waals surface area contributed by atoms with E-state index in [-0.39, 0.29) is 5.91 Å². The van der Waals surface area contributed by atoms with Gasteiger partial charge in [-0.1, -0.05) is 12.8 Å². The lowest BCUT2D eigenvalue weighted by Crippen LogP contribution is -2.37. The van der Waals surface area contributed by atoms with Crippen LogP contribution >= 0.6 is 11.3 Å². The second-order valence-corrected chi connectivity index (χ2v) is 7.48. The van der Waals surface area contributed by atoms with Crippen LogP contribution in [-0.2, 0) is 0 Å². The van der Waals surface area contributed by atoms with Crippen LogP contribution in [0.5, 0.6) is 0 Å². The van der Waals surface area contributed by atoms with Gasteiger partial charge in [-0.05, 0) is 51.4 Å². The number of aromatic nitrogens is 2. The fourth-order valence-corrected chi connectivity index (χ4v) is 4.01. The van der Waals surface area contributed by atoms with Crippen molar-refractivity contribution in [2.75, 3.05) is 19.6 Å². The molecule has 2 aromatic heterocycles. The first-order valence-electron chi connectivity index (χ1n) is 9.12. The van der Waals surface area contributed by atoms with Crippen molar-refractivity contribution < 1.29 is 4.79 Å². The number of rotatable bonds is 6. The predicted molar refractivity (Wildman–Crippen MR) is 102 cm³/mol. The third-order valence-electron chi connectivity index (χ3n) is 4.78. The van der Waals surface area contributed by atoms with Gasteiger partial charge in [0.1, 0.15) is 10.7 Å². The van der Waals surface area contributed by atoms with Crippen molar-refractivity contribution in [3.63, 3.8) is 0 Å². The molecule has 1 saturated heterocycles. The second kappa shape index (κ2) is 9.06. The lowest BCUT2D eigenvalue weighted by Gasteiger charge is -2.27. The van der Waals surface area contributed by atoms with Gasteiger partial charge in [-0.25, -0.2) is 4.98 Å². The molecule has 1 aliphatic heterocycles. The van der Waals surface area contributed by atoms with Crippen LogP contribution in [0.3, 0.4) is 0 Å². The third kappa shape index (κ3) is 5.09. The Hall–Kier alpha value is -1.79. The lowest BCUT2D eigenvalue weighted by atomic mass is 10.2. The van der Waals surface area contributed by atoms with E-state index in [1.807, 2.05) is 17.5 Å². The monoisotopic (exact) mass is 358 g/mol. The minimum atomic E-state index is -0.0837. The summed E-state index contributed by atoms with van der Waals surface area (Å²) in [7, 11) is 0. The number of thiazole rings is 1. The molecular weight excluding hydrogens is 332 g/mol. The maximum atomic E-state index is 12.3. The van der Waals surface area contributed by atoms with E-state index < -0.39 is 0 Å². The molecule has 6 heteroatoms. The Morgan fingerprint density at radius 1 is 1.24 bits per heavy atom. The van der Waals surface area contributed by atoms with Crippen molar-refractivity contribution >= 4 is 17.2 Å². The van der Waals surface area contributed by atoms with Gasteiger partial charge in [0.05, 0.1) is 0 Å². The van der Waals surface area contributed by atoms with Gasteiger partial charge in [-0.15, -0.1) is 11.3 Å². The summed E-state index contributed by atoms with van der Waals surface area (Å²) in [5.74, 6) is -0.0837. The first kappa shape index (κ1) is 18.0. The highest BCUT2D eigenvalue weighted by molar-refractivity contribution is 7.13. The van der Waals surface area contributed by atoms with E-state index in [1.54, 1.807) is 12.4 Å². The summed E-state index contributed by atoms with van der Waals surface area (Å²) in [5, 5.41) is 5.69. The van der Waals surface area contributed by atoms with Gasteiger partial charge in [-0.2, -0.15) is 0 Å². The number of pyridine rings is 1. The second-order valence-electron chi connectivity index (χ2n) is 6.62. The molecule has 0 aliphatic carbocycles. The Morgan fingerprint density at radius 3 is 2.68 bits per heavy atom. The fraction of sp³-hybridized carbons (Fsp3) is 0.526. The number of carbonyl (C=O) groups excluding carboxylic acids is 1. The number of likely N-dealkylation sites (tertiary alicyclic amines) is 1. The Labute approximate surface area is 153 Å². The average molecular weight is 359 g/mol. The highest BCUT2D eigenvalue weighted by atomic mass is 32.1. The number of amides is 1. The summed E-state index contributed by atoms with van der Waals surface area (Å²) in [5.41, 5.74) is 1.49. The quantitative estimate of drug-likeness (QED) is 0.857. The summed E-state index contributed by atoms with van der Waals surface area (Å²) in [6.07, 6.45) is 9.75. The Morgan fingerprint density at radius 2 is 1.96 bits per heavy atom. The van der Waals surface area contributed by atoms with Gasteiger partial charge in [0.2, 0.25) is 0 Å². The van der Waals surface area contributed by atoms with Gasteiger partial charge in [0, 0.05) is 35.9 Å². The summed E-state index contributed by atoms with van der Waals surface area (Å²) >= 11 is 1.49. The predicted octanol–water partition coefficient (Wildman–Crippen LogP) is 3.59. The van der Waals surface area contributed by atoms with Gasteiger partial charge in [-0.3, -0.25) is 9.78 Å². The minimum absolute atomic E-state index is 0.0837. The van der Waals surface area contributed by atoms with Crippen molar-refractivity contribution in [1.82, 2.24) is 20.2 Å². The molecule has 0 bridgehead atoms. The first-order valence-corrected chi connectivity index (χ1v) is 10.00.